The molecule has 0 saturated carbocycles. The predicted molar refractivity (Wildman–Crippen MR) is 94.0 cm³/mol. The van der Waals surface area contributed by atoms with Gasteiger partial charge in [-0.2, -0.15) is 26.3 Å². The first-order valence-corrected chi connectivity index (χ1v) is 8.00. The van der Waals surface area contributed by atoms with Crippen molar-refractivity contribution in [2.24, 2.45) is 0 Å². The minimum absolute atomic E-state index is 0.0548. The molecule has 0 aliphatic heterocycles. The van der Waals surface area contributed by atoms with Crippen molar-refractivity contribution in [3.8, 4) is 0 Å². The number of nitrogens with one attached hydrogen (secondary N) is 1. The Bertz CT molecular complexity index is 914. The van der Waals surface area contributed by atoms with Crippen molar-refractivity contribution in [1.82, 2.24) is 0 Å². The Labute approximate surface area is 160 Å². The minimum atomic E-state index is -6.23. The Morgan fingerprint density at radius 1 is 0.828 bits per heavy atom. The fraction of sp³-hybridized carbons (Fsp3) is 0.278. The molecule has 29 heavy (non-hydrogen) atoms. The lowest BCUT2D eigenvalue weighted by atomic mass is 9.90. The summed E-state index contributed by atoms with van der Waals surface area (Å²) in [6.45, 7) is 2.30. The number of amides is 1. The molecule has 11 heteroatoms. The number of aryl methyl sites for hydroxylation is 2. The average molecular weight is 423 g/mol. The first-order chi connectivity index (χ1) is 13.1. The maximum Gasteiger partial charge on any atom is 0.435 e. The van der Waals surface area contributed by atoms with Crippen LogP contribution in [0.25, 0.3) is 0 Å². The van der Waals surface area contributed by atoms with Gasteiger partial charge in [-0.1, -0.05) is 12.1 Å². The van der Waals surface area contributed by atoms with E-state index in [-0.39, 0.29) is 33.8 Å². The van der Waals surface area contributed by atoms with Crippen molar-refractivity contribution in [3.05, 3.63) is 52.6 Å². The molecule has 0 bridgehead atoms. The number of hydrogen-bond acceptors (Lipinski definition) is 3. The normalized spacial score (nSPS) is 12.7. The molecule has 2 aromatic rings. The van der Waals surface area contributed by atoms with Gasteiger partial charge in [0, 0.05) is 16.8 Å². The Kier molecular flexibility index (Phi) is 5.48. The first kappa shape index (κ1) is 22.3. The molecule has 0 heterocycles. The highest BCUT2D eigenvalue weighted by Crippen LogP contribution is 2.53. The maximum atomic E-state index is 14.3. The van der Waals surface area contributed by atoms with E-state index in [1.165, 1.54) is 18.2 Å². The third-order valence-electron chi connectivity index (χ3n) is 4.30. The zero-order valence-electron chi connectivity index (χ0n) is 15.1. The minimum Gasteiger partial charge on any atom is -0.397 e. The summed E-state index contributed by atoms with van der Waals surface area (Å²) in [5.74, 6) is -0.728. The van der Waals surface area contributed by atoms with Gasteiger partial charge in [-0.15, -0.1) is 0 Å². The highest BCUT2D eigenvalue weighted by molar-refractivity contribution is 6.06. The lowest BCUT2D eigenvalue weighted by molar-refractivity contribution is -0.348. The van der Waals surface area contributed by atoms with E-state index in [9.17, 15) is 35.5 Å². The van der Waals surface area contributed by atoms with E-state index >= 15 is 0 Å². The zero-order valence-corrected chi connectivity index (χ0v) is 15.1. The van der Waals surface area contributed by atoms with Crippen molar-refractivity contribution < 1.29 is 35.5 Å². The van der Waals surface area contributed by atoms with Crippen LogP contribution in [0.4, 0.5) is 47.8 Å². The smallest absolute Gasteiger partial charge is 0.397 e. The van der Waals surface area contributed by atoms with Crippen molar-refractivity contribution in [2.75, 3.05) is 16.8 Å². The molecular formula is C18H16F7N3O. The fourth-order valence-corrected chi connectivity index (χ4v) is 2.75. The van der Waals surface area contributed by atoms with Gasteiger partial charge >= 0.3 is 18.0 Å². The molecule has 158 valence electrons. The quantitative estimate of drug-likeness (QED) is 0.480. The molecule has 0 atom stereocenters. The molecule has 0 aliphatic rings. The molecule has 5 N–H and O–H groups in total. The van der Waals surface area contributed by atoms with Gasteiger partial charge in [0.05, 0.1) is 11.4 Å². The van der Waals surface area contributed by atoms with Gasteiger partial charge in [0.1, 0.15) is 0 Å². The summed E-state index contributed by atoms with van der Waals surface area (Å²) in [6, 6.07) is 4.75. The van der Waals surface area contributed by atoms with E-state index in [0.29, 0.717) is 12.1 Å². The number of alkyl halides is 7. The highest BCUT2D eigenvalue weighted by Gasteiger charge is 2.73. The van der Waals surface area contributed by atoms with Crippen LogP contribution < -0.4 is 16.8 Å². The third-order valence-corrected chi connectivity index (χ3v) is 4.30. The van der Waals surface area contributed by atoms with Gasteiger partial charge in [-0.3, -0.25) is 4.79 Å². The second-order valence-electron chi connectivity index (χ2n) is 6.44. The molecule has 0 spiro atoms. The Morgan fingerprint density at radius 3 is 1.72 bits per heavy atom. The molecule has 0 aromatic heterocycles. The molecule has 0 fully saturated rings. The highest BCUT2D eigenvalue weighted by atomic mass is 19.4. The van der Waals surface area contributed by atoms with Gasteiger partial charge < -0.3 is 16.8 Å². The molecule has 0 radical (unpaired) electrons. The molecule has 0 aliphatic carbocycles. The molecule has 0 saturated heterocycles. The van der Waals surface area contributed by atoms with Gasteiger partial charge in [0.25, 0.3) is 5.91 Å². The van der Waals surface area contributed by atoms with E-state index in [4.69, 9.17) is 11.5 Å². The number of hydrogen-bond donors (Lipinski definition) is 3. The molecule has 0 unspecified atom stereocenters. The van der Waals surface area contributed by atoms with Crippen LogP contribution in [0.1, 0.15) is 27.0 Å². The number of halogens is 7. The van der Waals surface area contributed by atoms with Gasteiger partial charge in [0.2, 0.25) is 0 Å². The number of carbonyl (C=O) groups is 1. The van der Waals surface area contributed by atoms with Crippen molar-refractivity contribution in [1.29, 1.82) is 0 Å². The van der Waals surface area contributed by atoms with Crippen LogP contribution in [0, 0.1) is 13.8 Å². The Balaban J connectivity index is 2.48. The van der Waals surface area contributed by atoms with Crippen molar-refractivity contribution >= 4 is 23.0 Å². The molecule has 1 amide bonds. The second kappa shape index (κ2) is 7.12. The molecule has 2 rings (SSSR count). The lowest BCUT2D eigenvalue weighted by Crippen LogP contribution is -2.50. The third kappa shape index (κ3) is 3.94. The lowest BCUT2D eigenvalue weighted by Gasteiger charge is -2.31. The van der Waals surface area contributed by atoms with Gasteiger partial charge in [-0.25, -0.2) is 4.39 Å². The monoisotopic (exact) mass is 423 g/mol. The van der Waals surface area contributed by atoms with Gasteiger partial charge in [0.15, 0.2) is 0 Å². The number of carbonyl (C=O) groups excluding carboxylic acids is 1. The van der Waals surface area contributed by atoms with E-state index in [2.05, 4.69) is 5.32 Å². The topological polar surface area (TPSA) is 81.1 Å². The zero-order chi connectivity index (χ0) is 22.4. The van der Waals surface area contributed by atoms with Crippen LogP contribution >= 0.6 is 0 Å². The average Bonchev–Trinajstić information content (AvgIpc) is 2.57. The van der Waals surface area contributed by atoms with E-state index in [1.807, 2.05) is 0 Å². The van der Waals surface area contributed by atoms with Crippen LogP contribution in [-0.2, 0) is 5.67 Å². The largest absolute Gasteiger partial charge is 0.435 e. The Morgan fingerprint density at radius 2 is 1.31 bits per heavy atom. The SMILES string of the molecule is Cc1cc(C(F)(C(F)(F)F)C(F)(F)F)cc(C)c1NC(=O)c1ccc(N)c(N)c1. The van der Waals surface area contributed by atoms with Crippen molar-refractivity contribution in [2.45, 2.75) is 31.9 Å². The summed E-state index contributed by atoms with van der Waals surface area (Å²) in [4.78, 5) is 12.3. The predicted octanol–water partition coefficient (Wildman–Crippen LogP) is 5.01. The van der Waals surface area contributed by atoms with E-state index in [1.54, 1.807) is 0 Å². The number of rotatable bonds is 3. The summed E-state index contributed by atoms with van der Waals surface area (Å²) in [5.41, 5.74) is 3.93. The summed E-state index contributed by atoms with van der Waals surface area (Å²) in [6.07, 6.45) is -12.5. The molecule has 4 nitrogen and oxygen atoms in total. The fourth-order valence-electron chi connectivity index (χ4n) is 2.75. The molecule has 2 aromatic carbocycles. The number of anilines is 3. The number of benzene rings is 2. The first-order valence-electron chi connectivity index (χ1n) is 8.00. The van der Waals surface area contributed by atoms with Crippen molar-refractivity contribution in [3.63, 3.8) is 0 Å². The van der Waals surface area contributed by atoms with Crippen LogP contribution in [-0.4, -0.2) is 18.3 Å². The summed E-state index contributed by atoms with van der Waals surface area (Å²) in [7, 11) is 0. The van der Waals surface area contributed by atoms with E-state index in [0.717, 1.165) is 13.8 Å². The summed E-state index contributed by atoms with van der Waals surface area (Å²) in [5, 5.41) is 2.38. The van der Waals surface area contributed by atoms with Gasteiger partial charge in [-0.05, 0) is 43.2 Å². The maximum absolute atomic E-state index is 14.3. The van der Waals surface area contributed by atoms with Crippen LogP contribution in [0.5, 0.6) is 0 Å². The summed E-state index contributed by atoms with van der Waals surface area (Å²) < 4.78 is 92.1. The van der Waals surface area contributed by atoms with Crippen LogP contribution in [0.15, 0.2) is 30.3 Å². The number of nitrogens with two attached hydrogens (primary N) is 2. The molecular weight excluding hydrogens is 407 g/mol. The number of nitrogen functional groups attached to an aromatic ring is 2. The second-order valence-corrected chi connectivity index (χ2v) is 6.44. The van der Waals surface area contributed by atoms with Crippen LogP contribution in [0.2, 0.25) is 0 Å². The summed E-state index contributed by atoms with van der Waals surface area (Å²) >= 11 is 0. The Hall–Kier alpha value is -2.98. The standard InChI is InChI=1S/C18H16F7N3O/c1-8-5-11(16(19,17(20,21)22)18(23,24)25)6-9(2)14(8)28-15(29)10-3-4-12(26)13(27)7-10/h3-7H,26-27H2,1-2H3,(H,28,29). The van der Waals surface area contributed by atoms with Crippen LogP contribution in [0.3, 0.4) is 0 Å². The van der Waals surface area contributed by atoms with E-state index < -0.39 is 29.5 Å².